The van der Waals surface area contributed by atoms with Gasteiger partial charge in [-0.05, 0) is 48.9 Å². The van der Waals surface area contributed by atoms with Gasteiger partial charge >= 0.3 is 5.76 Å². The molecule has 3 aromatic carbocycles. The normalized spacial score (nSPS) is 12.9. The number of nitrogens with one attached hydrogen (secondary N) is 1. The first-order valence-electron chi connectivity index (χ1n) is 10.5. The molecule has 0 aliphatic carbocycles. The molecule has 164 valence electrons. The van der Waals surface area contributed by atoms with Crippen LogP contribution in [-0.4, -0.2) is 22.3 Å². The molecule has 3 amide bonds. The van der Waals surface area contributed by atoms with E-state index in [1.165, 1.54) is 4.57 Å². The van der Waals surface area contributed by atoms with E-state index in [1.807, 2.05) is 6.07 Å². The van der Waals surface area contributed by atoms with Crippen LogP contribution in [0, 0.1) is 0 Å². The van der Waals surface area contributed by atoms with Crippen molar-refractivity contribution in [2.24, 2.45) is 0 Å². The van der Waals surface area contributed by atoms with Gasteiger partial charge in [0.2, 0.25) is 5.91 Å². The van der Waals surface area contributed by atoms with E-state index in [-0.39, 0.29) is 12.3 Å². The lowest BCUT2D eigenvalue weighted by molar-refractivity contribution is -0.116. The summed E-state index contributed by atoms with van der Waals surface area (Å²) in [4.78, 5) is 51.0. The Morgan fingerprint density at radius 2 is 1.55 bits per heavy atom. The van der Waals surface area contributed by atoms with E-state index < -0.39 is 17.6 Å². The zero-order chi connectivity index (χ0) is 22.9. The van der Waals surface area contributed by atoms with Crippen molar-refractivity contribution in [3.63, 3.8) is 0 Å². The predicted molar refractivity (Wildman–Crippen MR) is 122 cm³/mol. The molecule has 0 saturated heterocycles. The van der Waals surface area contributed by atoms with E-state index in [1.54, 1.807) is 66.7 Å². The summed E-state index contributed by atoms with van der Waals surface area (Å²) in [6.45, 7) is 0.346. The van der Waals surface area contributed by atoms with Crippen LogP contribution >= 0.6 is 0 Å². The zero-order valence-corrected chi connectivity index (χ0v) is 17.5. The maximum absolute atomic E-state index is 12.7. The second-order valence-corrected chi connectivity index (χ2v) is 7.68. The SMILES string of the molecule is O=C(CCCn1c(=O)oc2ccccc21)Nc1cccc(N2C(=O)c3ccccc3C2=O)c1. The van der Waals surface area contributed by atoms with Crippen molar-refractivity contribution in [3.8, 4) is 0 Å². The van der Waals surface area contributed by atoms with Gasteiger partial charge < -0.3 is 9.73 Å². The molecule has 1 aromatic heterocycles. The number of oxazole rings is 1. The van der Waals surface area contributed by atoms with Crippen LogP contribution in [0.2, 0.25) is 0 Å². The lowest BCUT2D eigenvalue weighted by Crippen LogP contribution is -2.29. The molecule has 2 heterocycles. The Labute approximate surface area is 188 Å². The van der Waals surface area contributed by atoms with E-state index in [4.69, 9.17) is 4.42 Å². The molecule has 8 nitrogen and oxygen atoms in total. The van der Waals surface area contributed by atoms with Gasteiger partial charge in [0, 0.05) is 18.7 Å². The summed E-state index contributed by atoms with van der Waals surface area (Å²) < 4.78 is 6.71. The number of para-hydroxylation sites is 2. The fourth-order valence-corrected chi connectivity index (χ4v) is 3.99. The first-order valence-corrected chi connectivity index (χ1v) is 10.5. The third-order valence-corrected chi connectivity index (χ3v) is 5.54. The molecule has 0 unspecified atom stereocenters. The standard InChI is InChI=1S/C25H19N3O5/c29-22(13-6-14-27-20-11-3-4-12-21(20)33-25(27)32)26-16-7-5-8-17(15-16)28-23(30)18-9-1-2-10-19(18)24(28)31/h1-5,7-12,15H,6,13-14H2,(H,26,29). The van der Waals surface area contributed by atoms with Crippen molar-refractivity contribution < 1.29 is 18.8 Å². The quantitative estimate of drug-likeness (QED) is 0.459. The molecule has 0 bridgehead atoms. The van der Waals surface area contributed by atoms with Crippen molar-refractivity contribution in [2.75, 3.05) is 10.2 Å². The summed E-state index contributed by atoms with van der Waals surface area (Å²) in [5.41, 5.74) is 2.78. The highest BCUT2D eigenvalue weighted by Crippen LogP contribution is 2.29. The van der Waals surface area contributed by atoms with Gasteiger partial charge in [-0.1, -0.05) is 30.3 Å². The molecule has 33 heavy (non-hydrogen) atoms. The highest BCUT2D eigenvalue weighted by Gasteiger charge is 2.36. The van der Waals surface area contributed by atoms with Crippen molar-refractivity contribution >= 4 is 40.2 Å². The Bertz CT molecular complexity index is 1430. The van der Waals surface area contributed by atoms with Gasteiger partial charge in [0.05, 0.1) is 22.3 Å². The maximum atomic E-state index is 12.7. The minimum absolute atomic E-state index is 0.184. The number of aryl methyl sites for hydroxylation is 1. The van der Waals surface area contributed by atoms with Crippen LogP contribution in [0.25, 0.3) is 11.1 Å². The Morgan fingerprint density at radius 3 is 2.30 bits per heavy atom. The molecule has 4 aromatic rings. The Hall–Kier alpha value is -4.46. The second-order valence-electron chi connectivity index (χ2n) is 7.68. The minimum atomic E-state index is -0.453. The van der Waals surface area contributed by atoms with E-state index in [0.717, 1.165) is 4.90 Å². The van der Waals surface area contributed by atoms with Crippen LogP contribution in [-0.2, 0) is 11.3 Å². The number of imide groups is 1. The van der Waals surface area contributed by atoms with E-state index in [0.29, 0.717) is 46.6 Å². The van der Waals surface area contributed by atoms with Gasteiger partial charge in [0.15, 0.2) is 5.58 Å². The van der Waals surface area contributed by atoms with Crippen LogP contribution in [0.4, 0.5) is 11.4 Å². The van der Waals surface area contributed by atoms with Gasteiger partial charge in [-0.25, -0.2) is 9.69 Å². The molecule has 0 fully saturated rings. The molecule has 1 aliphatic heterocycles. The number of hydrogen-bond acceptors (Lipinski definition) is 5. The molecule has 8 heteroatoms. The fourth-order valence-electron chi connectivity index (χ4n) is 3.99. The average Bonchev–Trinajstić information content (AvgIpc) is 3.27. The Balaban J connectivity index is 1.24. The van der Waals surface area contributed by atoms with Crippen LogP contribution in [0.5, 0.6) is 0 Å². The lowest BCUT2D eigenvalue weighted by Gasteiger charge is -2.15. The summed E-state index contributed by atoms with van der Waals surface area (Å²) in [6, 6.07) is 20.4. The van der Waals surface area contributed by atoms with Gasteiger partial charge in [-0.2, -0.15) is 0 Å². The molecular weight excluding hydrogens is 422 g/mol. The number of carbonyl (C=O) groups is 3. The third-order valence-electron chi connectivity index (χ3n) is 5.54. The number of hydrogen-bond donors (Lipinski definition) is 1. The van der Waals surface area contributed by atoms with Gasteiger partial charge in [-0.3, -0.25) is 19.0 Å². The second kappa shape index (κ2) is 8.23. The summed E-state index contributed by atoms with van der Waals surface area (Å²) in [5.74, 6) is -1.48. The number of rotatable bonds is 6. The number of amides is 3. The number of aromatic nitrogens is 1. The fraction of sp³-hybridized carbons (Fsp3) is 0.120. The highest BCUT2D eigenvalue weighted by molar-refractivity contribution is 6.34. The van der Waals surface area contributed by atoms with Crippen LogP contribution < -0.4 is 16.0 Å². The summed E-state index contributed by atoms with van der Waals surface area (Å²) in [7, 11) is 0. The molecular formula is C25H19N3O5. The maximum Gasteiger partial charge on any atom is 0.419 e. The number of carbonyl (C=O) groups excluding carboxylic acids is 3. The van der Waals surface area contributed by atoms with Gasteiger partial charge in [0.1, 0.15) is 0 Å². The Kier molecular flexibility index (Phi) is 5.10. The van der Waals surface area contributed by atoms with Crippen molar-refractivity contribution in [1.29, 1.82) is 0 Å². The topological polar surface area (TPSA) is 102 Å². The molecule has 1 aliphatic rings. The monoisotopic (exact) mass is 441 g/mol. The highest BCUT2D eigenvalue weighted by atomic mass is 16.4. The summed E-state index contributed by atoms with van der Waals surface area (Å²) in [5, 5.41) is 2.79. The largest absolute Gasteiger partial charge is 0.419 e. The van der Waals surface area contributed by atoms with Gasteiger partial charge in [-0.15, -0.1) is 0 Å². The first kappa shape index (κ1) is 20.4. The average molecular weight is 441 g/mol. The zero-order valence-electron chi connectivity index (χ0n) is 17.5. The number of anilines is 2. The Morgan fingerprint density at radius 1 is 0.848 bits per heavy atom. The molecule has 1 N–H and O–H groups in total. The molecule has 5 rings (SSSR count). The molecule has 0 saturated carbocycles. The van der Waals surface area contributed by atoms with Crippen LogP contribution in [0.15, 0.2) is 82.0 Å². The van der Waals surface area contributed by atoms with Gasteiger partial charge in [0.25, 0.3) is 11.8 Å². The smallest absolute Gasteiger partial charge is 0.408 e. The third kappa shape index (κ3) is 3.71. The first-order chi connectivity index (χ1) is 16.0. The van der Waals surface area contributed by atoms with Crippen molar-refractivity contribution in [2.45, 2.75) is 19.4 Å². The van der Waals surface area contributed by atoms with Crippen LogP contribution in [0.1, 0.15) is 33.6 Å². The minimum Gasteiger partial charge on any atom is -0.408 e. The van der Waals surface area contributed by atoms with Crippen molar-refractivity contribution in [3.05, 3.63) is 94.5 Å². The summed E-state index contributed by atoms with van der Waals surface area (Å²) in [6.07, 6.45) is 0.622. The molecule has 0 atom stereocenters. The molecule has 0 radical (unpaired) electrons. The van der Waals surface area contributed by atoms with Crippen molar-refractivity contribution in [1.82, 2.24) is 4.57 Å². The predicted octanol–water partition coefficient (Wildman–Crippen LogP) is 3.81. The lowest BCUT2D eigenvalue weighted by atomic mass is 10.1. The van der Waals surface area contributed by atoms with Crippen LogP contribution in [0.3, 0.4) is 0 Å². The van der Waals surface area contributed by atoms with E-state index in [9.17, 15) is 19.2 Å². The summed E-state index contributed by atoms with van der Waals surface area (Å²) >= 11 is 0. The number of fused-ring (bicyclic) bond motifs is 2. The van der Waals surface area contributed by atoms with E-state index >= 15 is 0 Å². The number of benzene rings is 3. The van der Waals surface area contributed by atoms with E-state index in [2.05, 4.69) is 5.32 Å². The molecule has 0 spiro atoms. The number of nitrogens with zero attached hydrogens (tertiary/aromatic N) is 2.